The predicted molar refractivity (Wildman–Crippen MR) is 165 cm³/mol. The molecule has 4 aromatic rings. The average Bonchev–Trinajstić information content (AvgIpc) is 3.56. The molecule has 5 atom stereocenters. The van der Waals surface area contributed by atoms with E-state index in [1.807, 2.05) is 91.0 Å². The van der Waals surface area contributed by atoms with Crippen molar-refractivity contribution in [3.8, 4) is 0 Å². The van der Waals surface area contributed by atoms with Crippen LogP contribution in [0.1, 0.15) is 23.1 Å². The predicted octanol–water partition coefficient (Wildman–Crippen LogP) is 5.33. The molecular weight excluding hydrogens is 578 g/mol. The smallest absolute Gasteiger partial charge is 0.390 e. The molecule has 3 aromatic carbocycles. The zero-order chi connectivity index (χ0) is 31.3. The quantitative estimate of drug-likeness (QED) is 0.0881. The van der Waals surface area contributed by atoms with E-state index in [1.54, 1.807) is 13.3 Å². The molecule has 5 unspecified atom stereocenters. The topological polar surface area (TPSA) is 116 Å². The van der Waals surface area contributed by atoms with Gasteiger partial charge in [-0.1, -0.05) is 96.0 Å². The van der Waals surface area contributed by atoms with Crippen LogP contribution in [0.15, 0.2) is 103 Å². The molecule has 238 valence electrons. The first kappa shape index (κ1) is 32.4. The van der Waals surface area contributed by atoms with Crippen molar-refractivity contribution in [2.24, 2.45) is 0 Å². The lowest BCUT2D eigenvalue weighted by Crippen LogP contribution is -2.61. The summed E-state index contributed by atoms with van der Waals surface area (Å²) in [4.78, 5) is 14.5. The van der Waals surface area contributed by atoms with Gasteiger partial charge in [-0.25, -0.2) is 4.57 Å². The number of nitrogens with zero attached hydrogens (tertiary/aromatic N) is 3. The summed E-state index contributed by atoms with van der Waals surface area (Å²) in [5.41, 5.74) is 3.04. The summed E-state index contributed by atoms with van der Waals surface area (Å²) in [5, 5.41) is 11.2. The number of rotatable bonds is 17. The fourth-order valence-corrected chi connectivity index (χ4v) is 5.25. The van der Waals surface area contributed by atoms with Gasteiger partial charge in [0.15, 0.2) is 6.29 Å². The molecule has 1 aromatic heterocycles. The van der Waals surface area contributed by atoms with Crippen molar-refractivity contribution < 1.29 is 33.3 Å². The minimum atomic E-state index is -0.742. The Morgan fingerprint density at radius 3 is 1.87 bits per heavy atom. The summed E-state index contributed by atoms with van der Waals surface area (Å²) in [7, 11) is 1.58. The molecule has 1 aliphatic rings. The van der Waals surface area contributed by atoms with Gasteiger partial charge in [0, 0.05) is 20.1 Å². The van der Waals surface area contributed by atoms with Gasteiger partial charge >= 0.3 is 5.95 Å². The van der Waals surface area contributed by atoms with Crippen LogP contribution < -0.4 is 0 Å². The molecule has 11 heteroatoms. The van der Waals surface area contributed by atoms with Gasteiger partial charge in [-0.05, 0) is 21.6 Å². The fourth-order valence-electron chi connectivity index (χ4n) is 5.25. The van der Waals surface area contributed by atoms with Crippen LogP contribution in [0.2, 0.25) is 0 Å². The zero-order valence-corrected chi connectivity index (χ0v) is 25.3. The van der Waals surface area contributed by atoms with Crippen molar-refractivity contribution in [2.45, 2.75) is 63.5 Å². The molecule has 0 N–H and O–H groups in total. The number of benzene rings is 3. The standard InChI is InChI=1S/C34H39N3O8/c1-40-33-32(44-24-28-16-9-4-10-17-28)31(43-23-27-14-7-3-8-15-27)30(42-22-26-12-5-2-6-13-26)29(45-33)25-41-21-11-19-36-20-18-35-34(36)37(38)39/h2-10,12-18,20,29-33H,11,19,21-25H2,1H3. The average molecular weight is 618 g/mol. The molecule has 0 saturated carbocycles. The summed E-state index contributed by atoms with van der Waals surface area (Å²) in [6.07, 6.45) is 0.548. The normalized spacial score (nSPS) is 21.5. The molecule has 0 spiro atoms. The molecule has 0 bridgehead atoms. The van der Waals surface area contributed by atoms with Gasteiger partial charge in [-0.2, -0.15) is 0 Å². The van der Waals surface area contributed by atoms with Crippen molar-refractivity contribution in [2.75, 3.05) is 20.3 Å². The number of imidazole rings is 1. The van der Waals surface area contributed by atoms with E-state index in [1.165, 1.54) is 10.8 Å². The Hall–Kier alpha value is -3.97. The lowest BCUT2D eigenvalue weighted by molar-refractivity contribution is -0.396. The Morgan fingerprint density at radius 2 is 1.33 bits per heavy atom. The molecule has 5 rings (SSSR count). The second kappa shape index (κ2) is 16.9. The molecule has 1 fully saturated rings. The fraction of sp³-hybridized carbons (Fsp3) is 0.382. The summed E-state index contributed by atoms with van der Waals surface area (Å²) in [6.45, 7) is 1.96. The Balaban J connectivity index is 1.32. The van der Waals surface area contributed by atoms with Crippen LogP contribution in [0.5, 0.6) is 0 Å². The Bertz CT molecular complexity index is 1420. The van der Waals surface area contributed by atoms with Gasteiger partial charge in [0.05, 0.1) is 33.0 Å². The Labute approximate surface area is 262 Å². The molecule has 45 heavy (non-hydrogen) atoms. The van der Waals surface area contributed by atoms with Gasteiger partial charge in [0.2, 0.25) is 0 Å². The third kappa shape index (κ3) is 9.27. The number of hydrogen-bond donors (Lipinski definition) is 0. The van der Waals surface area contributed by atoms with Gasteiger partial charge in [0.1, 0.15) is 36.8 Å². The molecule has 0 radical (unpaired) electrons. The van der Waals surface area contributed by atoms with Crippen LogP contribution in [-0.4, -0.2) is 65.5 Å². The van der Waals surface area contributed by atoms with Gasteiger partial charge in [-0.3, -0.25) is 0 Å². The van der Waals surface area contributed by atoms with E-state index in [0.29, 0.717) is 39.4 Å². The van der Waals surface area contributed by atoms with Gasteiger partial charge < -0.3 is 38.5 Å². The zero-order valence-electron chi connectivity index (χ0n) is 25.3. The second-order valence-electron chi connectivity index (χ2n) is 10.7. The second-order valence-corrected chi connectivity index (χ2v) is 10.7. The van der Waals surface area contributed by atoms with Crippen LogP contribution >= 0.6 is 0 Å². The minimum Gasteiger partial charge on any atom is -0.390 e. The van der Waals surface area contributed by atoms with E-state index < -0.39 is 35.6 Å². The first-order chi connectivity index (χ1) is 22.1. The molecule has 1 aliphatic heterocycles. The van der Waals surface area contributed by atoms with Crippen LogP contribution in [0.3, 0.4) is 0 Å². The lowest BCUT2D eigenvalue weighted by atomic mass is 9.97. The van der Waals surface area contributed by atoms with E-state index in [2.05, 4.69) is 4.98 Å². The number of nitro groups is 1. The molecular formula is C34H39N3O8. The Morgan fingerprint density at radius 1 is 0.800 bits per heavy atom. The molecule has 0 aliphatic carbocycles. The third-order valence-electron chi connectivity index (χ3n) is 7.51. The van der Waals surface area contributed by atoms with Crippen molar-refractivity contribution in [3.05, 3.63) is 130 Å². The number of aromatic nitrogens is 2. The van der Waals surface area contributed by atoms with Crippen LogP contribution in [0.4, 0.5) is 5.95 Å². The number of hydrogen-bond acceptors (Lipinski definition) is 9. The van der Waals surface area contributed by atoms with E-state index >= 15 is 0 Å². The Kier molecular flexibility index (Phi) is 12.2. The van der Waals surface area contributed by atoms with E-state index in [-0.39, 0.29) is 12.6 Å². The van der Waals surface area contributed by atoms with Crippen molar-refractivity contribution in [3.63, 3.8) is 0 Å². The monoisotopic (exact) mass is 617 g/mol. The highest BCUT2D eigenvalue weighted by atomic mass is 16.7. The van der Waals surface area contributed by atoms with Crippen molar-refractivity contribution in [1.82, 2.24) is 9.55 Å². The van der Waals surface area contributed by atoms with Crippen LogP contribution in [-0.2, 0) is 54.8 Å². The molecule has 11 nitrogen and oxygen atoms in total. The highest BCUT2D eigenvalue weighted by Gasteiger charge is 2.48. The molecule has 2 heterocycles. The third-order valence-corrected chi connectivity index (χ3v) is 7.51. The first-order valence-corrected chi connectivity index (χ1v) is 15.0. The van der Waals surface area contributed by atoms with Gasteiger partial charge in [-0.15, -0.1) is 0 Å². The maximum atomic E-state index is 11.2. The van der Waals surface area contributed by atoms with Crippen LogP contribution in [0, 0.1) is 10.1 Å². The maximum absolute atomic E-state index is 11.2. The largest absolute Gasteiger partial charge is 0.434 e. The van der Waals surface area contributed by atoms with Crippen LogP contribution in [0.25, 0.3) is 0 Å². The van der Waals surface area contributed by atoms with Gasteiger partial charge in [0.25, 0.3) is 0 Å². The minimum absolute atomic E-state index is 0.192. The summed E-state index contributed by atoms with van der Waals surface area (Å²) in [6, 6.07) is 29.8. The summed E-state index contributed by atoms with van der Waals surface area (Å²) < 4.78 is 39.4. The molecule has 0 amide bonds. The van der Waals surface area contributed by atoms with Crippen molar-refractivity contribution >= 4 is 5.95 Å². The lowest BCUT2D eigenvalue weighted by Gasteiger charge is -2.45. The van der Waals surface area contributed by atoms with E-state index in [9.17, 15) is 10.1 Å². The number of ether oxygens (including phenoxy) is 6. The maximum Gasteiger partial charge on any atom is 0.434 e. The molecule has 1 saturated heterocycles. The summed E-state index contributed by atoms with van der Waals surface area (Å²) >= 11 is 0. The number of methoxy groups -OCH3 is 1. The highest BCUT2D eigenvalue weighted by Crippen LogP contribution is 2.31. The first-order valence-electron chi connectivity index (χ1n) is 15.0. The number of aryl methyl sites for hydroxylation is 1. The summed E-state index contributed by atoms with van der Waals surface area (Å²) in [5.74, 6) is -0.192. The highest BCUT2D eigenvalue weighted by molar-refractivity contribution is 5.16. The van der Waals surface area contributed by atoms with E-state index in [4.69, 9.17) is 28.4 Å². The van der Waals surface area contributed by atoms with E-state index in [0.717, 1.165) is 16.7 Å². The van der Waals surface area contributed by atoms with Crippen molar-refractivity contribution in [1.29, 1.82) is 0 Å². The SMILES string of the molecule is COC1OC(COCCCn2ccnc2[N+](=O)[O-])C(OCc2ccccc2)C(OCc2ccccc2)C1OCc1ccccc1.